The molecule has 2 N–H and O–H groups in total. The first-order chi connectivity index (χ1) is 7.65. The molecule has 2 amide bonds. The van der Waals surface area contributed by atoms with Gasteiger partial charge in [0, 0.05) is 5.69 Å². The molecule has 4 nitrogen and oxygen atoms in total. The standard InChI is InChI=1S/C12H14N2O2/c1-4-9(2)13-12(15)14-10-5-7-11(16-3)8-6-10/h1,5-9H,2-3H3,(H2,13,14,15). The van der Waals surface area contributed by atoms with E-state index >= 15 is 0 Å². The van der Waals surface area contributed by atoms with E-state index in [2.05, 4.69) is 16.6 Å². The summed E-state index contributed by atoms with van der Waals surface area (Å²) in [5.74, 6) is 3.15. The van der Waals surface area contributed by atoms with Crippen LogP contribution < -0.4 is 15.4 Å². The fourth-order valence-electron chi connectivity index (χ4n) is 1.08. The van der Waals surface area contributed by atoms with Gasteiger partial charge in [-0.25, -0.2) is 4.79 Å². The number of terminal acetylenes is 1. The minimum absolute atomic E-state index is 0.293. The molecule has 1 aromatic carbocycles. The average Bonchev–Trinajstić information content (AvgIpc) is 2.29. The highest BCUT2D eigenvalue weighted by Gasteiger charge is 2.04. The number of rotatable bonds is 3. The van der Waals surface area contributed by atoms with Crippen molar-refractivity contribution in [1.82, 2.24) is 5.32 Å². The van der Waals surface area contributed by atoms with E-state index in [0.29, 0.717) is 5.69 Å². The van der Waals surface area contributed by atoms with Crippen molar-refractivity contribution < 1.29 is 9.53 Å². The molecule has 1 rings (SSSR count). The van der Waals surface area contributed by atoms with E-state index in [1.54, 1.807) is 38.3 Å². The SMILES string of the molecule is C#CC(C)NC(=O)Nc1ccc(OC)cc1. The molecule has 84 valence electrons. The summed E-state index contributed by atoms with van der Waals surface area (Å²) >= 11 is 0. The second-order valence-electron chi connectivity index (χ2n) is 3.22. The summed E-state index contributed by atoms with van der Waals surface area (Å²) in [5.41, 5.74) is 0.683. The molecule has 0 aliphatic heterocycles. The molecule has 0 fully saturated rings. The van der Waals surface area contributed by atoms with Crippen molar-refractivity contribution in [3.05, 3.63) is 24.3 Å². The van der Waals surface area contributed by atoms with Crippen molar-refractivity contribution in [2.45, 2.75) is 13.0 Å². The van der Waals surface area contributed by atoms with Gasteiger partial charge in [-0.1, -0.05) is 5.92 Å². The van der Waals surface area contributed by atoms with Gasteiger partial charge in [-0.2, -0.15) is 0 Å². The Labute approximate surface area is 95.0 Å². The predicted octanol–water partition coefficient (Wildman–Crippen LogP) is 1.84. The molecule has 0 aromatic heterocycles. The first-order valence-electron chi connectivity index (χ1n) is 4.83. The van der Waals surface area contributed by atoms with Crippen molar-refractivity contribution >= 4 is 11.7 Å². The van der Waals surface area contributed by atoms with Crippen molar-refractivity contribution in [1.29, 1.82) is 0 Å². The summed E-state index contributed by atoms with van der Waals surface area (Å²) in [7, 11) is 1.59. The van der Waals surface area contributed by atoms with Gasteiger partial charge >= 0.3 is 6.03 Å². The number of amides is 2. The number of benzene rings is 1. The highest BCUT2D eigenvalue weighted by atomic mass is 16.5. The Balaban J connectivity index is 2.53. The smallest absolute Gasteiger partial charge is 0.320 e. The fourth-order valence-corrected chi connectivity index (χ4v) is 1.08. The van der Waals surface area contributed by atoms with E-state index < -0.39 is 0 Å². The van der Waals surface area contributed by atoms with Crippen LogP contribution in [0.2, 0.25) is 0 Å². The Morgan fingerprint density at radius 3 is 2.56 bits per heavy atom. The predicted molar refractivity (Wildman–Crippen MR) is 63.4 cm³/mol. The maximum absolute atomic E-state index is 11.4. The third-order valence-electron chi connectivity index (χ3n) is 1.95. The normalized spacial score (nSPS) is 11.1. The number of carbonyl (C=O) groups excluding carboxylic acids is 1. The van der Waals surface area contributed by atoms with Gasteiger partial charge in [-0.05, 0) is 31.2 Å². The second-order valence-corrected chi connectivity index (χ2v) is 3.22. The van der Waals surface area contributed by atoms with E-state index in [1.807, 2.05) is 0 Å². The molecular weight excluding hydrogens is 204 g/mol. The minimum Gasteiger partial charge on any atom is -0.497 e. The molecule has 16 heavy (non-hydrogen) atoms. The molecule has 1 unspecified atom stereocenters. The number of anilines is 1. The van der Waals surface area contributed by atoms with Crippen LogP contribution in [0, 0.1) is 12.3 Å². The van der Waals surface area contributed by atoms with Crippen molar-refractivity contribution in [2.75, 3.05) is 12.4 Å². The Hall–Kier alpha value is -2.15. The number of methoxy groups -OCH3 is 1. The van der Waals surface area contributed by atoms with Crippen LogP contribution in [0.1, 0.15) is 6.92 Å². The van der Waals surface area contributed by atoms with Gasteiger partial charge in [0.25, 0.3) is 0 Å². The zero-order valence-corrected chi connectivity index (χ0v) is 9.28. The number of hydrogen-bond acceptors (Lipinski definition) is 2. The third kappa shape index (κ3) is 3.54. The molecule has 1 atom stereocenters. The first kappa shape index (κ1) is 11.9. The molecule has 0 saturated carbocycles. The number of urea groups is 1. The van der Waals surface area contributed by atoms with E-state index in [9.17, 15) is 4.79 Å². The lowest BCUT2D eigenvalue weighted by atomic mass is 10.3. The average molecular weight is 218 g/mol. The molecule has 0 bridgehead atoms. The van der Waals surface area contributed by atoms with E-state index in [0.717, 1.165) is 5.75 Å². The number of carbonyl (C=O) groups is 1. The number of hydrogen-bond donors (Lipinski definition) is 2. The van der Waals surface area contributed by atoms with Crippen LogP contribution in [0.3, 0.4) is 0 Å². The van der Waals surface area contributed by atoms with Crippen molar-refractivity contribution in [3.8, 4) is 18.1 Å². The summed E-state index contributed by atoms with van der Waals surface area (Å²) in [6.45, 7) is 1.73. The van der Waals surface area contributed by atoms with Gasteiger partial charge in [-0.3, -0.25) is 0 Å². The maximum Gasteiger partial charge on any atom is 0.320 e. The van der Waals surface area contributed by atoms with Gasteiger partial charge in [0.15, 0.2) is 0 Å². The van der Waals surface area contributed by atoms with Gasteiger partial charge in [0.2, 0.25) is 0 Å². The second kappa shape index (κ2) is 5.66. The molecule has 1 aromatic rings. The summed E-state index contributed by atoms with van der Waals surface area (Å²) in [6.07, 6.45) is 5.14. The van der Waals surface area contributed by atoms with Gasteiger partial charge in [-0.15, -0.1) is 6.42 Å². The molecular formula is C12H14N2O2. The molecule has 0 aliphatic rings. The molecule has 0 radical (unpaired) electrons. The highest BCUT2D eigenvalue weighted by Crippen LogP contribution is 2.14. The number of nitrogens with one attached hydrogen (secondary N) is 2. The summed E-state index contributed by atoms with van der Waals surface area (Å²) < 4.78 is 5.00. The molecule has 0 saturated heterocycles. The van der Waals surface area contributed by atoms with Crippen LogP contribution >= 0.6 is 0 Å². The Morgan fingerprint density at radius 2 is 2.06 bits per heavy atom. The van der Waals surface area contributed by atoms with Crippen LogP contribution in [-0.2, 0) is 0 Å². The highest BCUT2D eigenvalue weighted by molar-refractivity contribution is 5.89. The van der Waals surface area contributed by atoms with Crippen LogP contribution in [0.4, 0.5) is 10.5 Å². The Morgan fingerprint density at radius 1 is 1.44 bits per heavy atom. The summed E-state index contributed by atoms with van der Waals surface area (Å²) in [6, 6.07) is 6.41. The van der Waals surface area contributed by atoms with Gasteiger partial charge in [0.05, 0.1) is 13.2 Å². The lowest BCUT2D eigenvalue weighted by Gasteiger charge is -2.09. The summed E-state index contributed by atoms with van der Waals surface area (Å²) in [4.78, 5) is 11.4. The van der Waals surface area contributed by atoms with Crippen LogP contribution in [0.25, 0.3) is 0 Å². The zero-order chi connectivity index (χ0) is 12.0. The fraction of sp³-hybridized carbons (Fsp3) is 0.250. The molecule has 0 spiro atoms. The van der Waals surface area contributed by atoms with Crippen LogP contribution in [0.15, 0.2) is 24.3 Å². The Bertz CT molecular complexity index is 392. The van der Waals surface area contributed by atoms with Crippen molar-refractivity contribution in [3.63, 3.8) is 0 Å². The van der Waals surface area contributed by atoms with E-state index in [4.69, 9.17) is 11.2 Å². The van der Waals surface area contributed by atoms with Crippen LogP contribution in [-0.4, -0.2) is 19.2 Å². The molecule has 0 aliphatic carbocycles. The minimum atomic E-state index is -0.324. The molecule has 0 heterocycles. The lowest BCUT2D eigenvalue weighted by Crippen LogP contribution is -2.35. The van der Waals surface area contributed by atoms with Gasteiger partial charge in [0.1, 0.15) is 5.75 Å². The Kier molecular flexibility index (Phi) is 4.22. The van der Waals surface area contributed by atoms with Crippen molar-refractivity contribution in [2.24, 2.45) is 0 Å². The summed E-state index contributed by atoms with van der Waals surface area (Å²) in [5, 5.41) is 5.25. The lowest BCUT2D eigenvalue weighted by molar-refractivity contribution is 0.251. The first-order valence-corrected chi connectivity index (χ1v) is 4.83. The van der Waals surface area contributed by atoms with E-state index in [-0.39, 0.29) is 12.1 Å². The number of ether oxygens (including phenoxy) is 1. The largest absolute Gasteiger partial charge is 0.497 e. The zero-order valence-electron chi connectivity index (χ0n) is 9.28. The maximum atomic E-state index is 11.4. The topological polar surface area (TPSA) is 50.4 Å². The van der Waals surface area contributed by atoms with E-state index in [1.165, 1.54) is 0 Å². The van der Waals surface area contributed by atoms with Gasteiger partial charge < -0.3 is 15.4 Å². The molecule has 4 heteroatoms. The van der Waals surface area contributed by atoms with Crippen LogP contribution in [0.5, 0.6) is 5.75 Å². The monoisotopic (exact) mass is 218 g/mol. The third-order valence-corrected chi connectivity index (χ3v) is 1.95. The quantitative estimate of drug-likeness (QED) is 0.760.